The van der Waals surface area contributed by atoms with E-state index < -0.39 is 31.8 Å². The van der Waals surface area contributed by atoms with Gasteiger partial charge in [-0.05, 0) is 36.1 Å². The first-order valence-corrected chi connectivity index (χ1v) is 13.3. The lowest BCUT2D eigenvalue weighted by Gasteiger charge is -2.24. The lowest BCUT2D eigenvalue weighted by molar-refractivity contribution is -0.120. The fourth-order valence-corrected chi connectivity index (χ4v) is 4.81. The predicted octanol–water partition coefficient (Wildman–Crippen LogP) is 2.89. The largest absolute Gasteiger partial charge is 0.348 e. The van der Waals surface area contributed by atoms with Gasteiger partial charge < -0.3 is 5.32 Å². The van der Waals surface area contributed by atoms with Crippen LogP contribution in [0.2, 0.25) is 0 Å². The molecule has 0 saturated heterocycles. The molecule has 3 rings (SSSR count). The molecule has 9 heteroatoms. The van der Waals surface area contributed by atoms with E-state index >= 15 is 0 Å². The van der Waals surface area contributed by atoms with E-state index in [0.717, 1.165) is 27.6 Å². The first-order chi connectivity index (χ1) is 14.5. The topological polar surface area (TPSA) is 101 Å². The van der Waals surface area contributed by atoms with Gasteiger partial charge in [-0.1, -0.05) is 48.5 Å². The smallest absolute Gasteiger partial charge is 0.241 e. The molecule has 0 unspecified atom stereocenters. The molecule has 0 heterocycles. The van der Waals surface area contributed by atoms with Crippen LogP contribution in [0.25, 0.3) is 10.8 Å². The number of rotatable bonds is 7. The van der Waals surface area contributed by atoms with Crippen LogP contribution in [-0.4, -0.2) is 41.8 Å². The van der Waals surface area contributed by atoms with Crippen molar-refractivity contribution in [3.8, 4) is 0 Å². The first kappa shape index (κ1) is 22.8. The van der Waals surface area contributed by atoms with Gasteiger partial charge in [0.15, 0.2) is 9.84 Å². The SMILES string of the molecule is C[C@H](NC(=O)CN(c1cccc2ccccc12)S(C)(=O)=O)c1ccc(S(C)(=O)=O)cc1. The van der Waals surface area contributed by atoms with Crippen LogP contribution in [0.1, 0.15) is 18.5 Å². The van der Waals surface area contributed by atoms with E-state index in [4.69, 9.17) is 0 Å². The van der Waals surface area contributed by atoms with E-state index in [2.05, 4.69) is 5.32 Å². The molecule has 0 aliphatic carbocycles. The molecule has 7 nitrogen and oxygen atoms in total. The van der Waals surface area contributed by atoms with Crippen LogP contribution in [0.5, 0.6) is 0 Å². The summed E-state index contributed by atoms with van der Waals surface area (Å²) in [6, 6.07) is 18.4. The van der Waals surface area contributed by atoms with Crippen LogP contribution < -0.4 is 9.62 Å². The number of sulfone groups is 1. The molecule has 0 bridgehead atoms. The average Bonchev–Trinajstić information content (AvgIpc) is 2.70. The standard InChI is InChI=1S/C22H24N2O5S2/c1-16(17-11-13-19(14-12-17)30(2,26)27)23-22(25)15-24(31(3,28)29)21-10-6-8-18-7-4-5-9-20(18)21/h4-14,16H,15H2,1-3H3,(H,23,25)/t16-/m0/s1. The Labute approximate surface area is 182 Å². The summed E-state index contributed by atoms with van der Waals surface area (Å²) in [5.74, 6) is -0.474. The summed E-state index contributed by atoms with van der Waals surface area (Å²) in [5, 5.41) is 4.38. The minimum absolute atomic E-state index is 0.189. The van der Waals surface area contributed by atoms with Gasteiger partial charge in [-0.2, -0.15) is 0 Å². The summed E-state index contributed by atoms with van der Waals surface area (Å²) in [6.07, 6.45) is 2.19. The van der Waals surface area contributed by atoms with E-state index in [9.17, 15) is 21.6 Å². The van der Waals surface area contributed by atoms with E-state index in [1.54, 1.807) is 31.2 Å². The van der Waals surface area contributed by atoms with Gasteiger partial charge in [0.2, 0.25) is 15.9 Å². The van der Waals surface area contributed by atoms with Crippen molar-refractivity contribution >= 4 is 42.2 Å². The number of carbonyl (C=O) groups excluding carboxylic acids is 1. The Morgan fingerprint density at radius 2 is 1.52 bits per heavy atom. The number of nitrogens with zero attached hydrogens (tertiary/aromatic N) is 1. The highest BCUT2D eigenvalue weighted by Gasteiger charge is 2.23. The monoisotopic (exact) mass is 460 g/mol. The second kappa shape index (κ2) is 8.68. The Bertz CT molecular complexity index is 1310. The number of carbonyl (C=O) groups is 1. The van der Waals surface area contributed by atoms with Crippen molar-refractivity contribution in [2.45, 2.75) is 17.9 Å². The lowest BCUT2D eigenvalue weighted by atomic mass is 10.1. The minimum Gasteiger partial charge on any atom is -0.348 e. The van der Waals surface area contributed by atoms with E-state index in [1.165, 1.54) is 12.1 Å². The molecule has 1 N–H and O–H groups in total. The molecular weight excluding hydrogens is 436 g/mol. The fraction of sp³-hybridized carbons (Fsp3) is 0.227. The van der Waals surface area contributed by atoms with Crippen molar-refractivity contribution < 1.29 is 21.6 Å². The molecule has 1 atom stereocenters. The minimum atomic E-state index is -3.72. The molecule has 0 aliphatic rings. The lowest BCUT2D eigenvalue weighted by Crippen LogP contribution is -2.41. The number of amides is 1. The molecule has 3 aromatic carbocycles. The van der Waals surface area contributed by atoms with Crippen molar-refractivity contribution in [3.05, 3.63) is 72.3 Å². The van der Waals surface area contributed by atoms with Gasteiger partial charge in [0.1, 0.15) is 6.54 Å². The maximum Gasteiger partial charge on any atom is 0.241 e. The van der Waals surface area contributed by atoms with Crippen molar-refractivity contribution in [3.63, 3.8) is 0 Å². The van der Waals surface area contributed by atoms with Gasteiger partial charge >= 0.3 is 0 Å². The average molecular weight is 461 g/mol. The summed E-state index contributed by atoms with van der Waals surface area (Å²) in [6.45, 7) is 1.37. The Kier molecular flexibility index (Phi) is 6.38. The number of nitrogens with one attached hydrogen (secondary N) is 1. The van der Waals surface area contributed by atoms with Crippen molar-refractivity contribution in [2.24, 2.45) is 0 Å². The Morgan fingerprint density at radius 1 is 0.903 bits per heavy atom. The van der Waals surface area contributed by atoms with Gasteiger partial charge in [0.25, 0.3) is 0 Å². The van der Waals surface area contributed by atoms with Crippen LogP contribution in [0.15, 0.2) is 71.6 Å². The zero-order valence-electron chi connectivity index (χ0n) is 17.4. The van der Waals surface area contributed by atoms with Gasteiger partial charge in [-0.15, -0.1) is 0 Å². The molecule has 31 heavy (non-hydrogen) atoms. The maximum absolute atomic E-state index is 12.7. The first-order valence-electron chi connectivity index (χ1n) is 9.51. The molecule has 0 aliphatic heterocycles. The highest BCUT2D eigenvalue weighted by Crippen LogP contribution is 2.28. The second-order valence-electron chi connectivity index (χ2n) is 7.40. The predicted molar refractivity (Wildman–Crippen MR) is 122 cm³/mol. The summed E-state index contributed by atoms with van der Waals surface area (Å²) in [5.41, 5.74) is 1.14. The Morgan fingerprint density at radius 3 is 2.13 bits per heavy atom. The van der Waals surface area contributed by atoms with Crippen LogP contribution in [-0.2, 0) is 24.7 Å². The number of hydrogen-bond acceptors (Lipinski definition) is 5. The molecular formula is C22H24N2O5S2. The van der Waals surface area contributed by atoms with Crippen LogP contribution in [0, 0.1) is 0 Å². The maximum atomic E-state index is 12.7. The molecule has 0 fully saturated rings. The number of fused-ring (bicyclic) bond motifs is 1. The zero-order valence-corrected chi connectivity index (χ0v) is 19.1. The van der Waals surface area contributed by atoms with E-state index in [0.29, 0.717) is 11.3 Å². The normalized spacial score (nSPS) is 13.0. The number of benzene rings is 3. The van der Waals surface area contributed by atoms with Gasteiger partial charge in [-0.25, -0.2) is 16.8 Å². The van der Waals surface area contributed by atoms with E-state index in [1.807, 2.05) is 30.3 Å². The quantitative estimate of drug-likeness (QED) is 0.584. The highest BCUT2D eigenvalue weighted by atomic mass is 32.2. The third-order valence-corrected chi connectivity index (χ3v) is 7.16. The van der Waals surface area contributed by atoms with E-state index in [-0.39, 0.29) is 11.4 Å². The van der Waals surface area contributed by atoms with Crippen LogP contribution in [0.3, 0.4) is 0 Å². The Hall–Kier alpha value is -2.91. The second-order valence-corrected chi connectivity index (χ2v) is 11.3. The fourth-order valence-electron chi connectivity index (χ4n) is 3.31. The number of sulfonamides is 1. The van der Waals surface area contributed by atoms with Crippen molar-refractivity contribution in [1.82, 2.24) is 5.32 Å². The third kappa shape index (κ3) is 5.42. The number of hydrogen-bond donors (Lipinski definition) is 1. The summed E-state index contributed by atoms with van der Waals surface area (Å²) < 4.78 is 49.3. The van der Waals surface area contributed by atoms with Gasteiger partial charge in [-0.3, -0.25) is 9.10 Å². The van der Waals surface area contributed by atoms with Crippen molar-refractivity contribution in [1.29, 1.82) is 0 Å². The highest BCUT2D eigenvalue weighted by molar-refractivity contribution is 7.92. The molecule has 0 saturated carbocycles. The summed E-state index contributed by atoms with van der Waals surface area (Å²) in [7, 11) is -7.03. The molecule has 3 aromatic rings. The molecule has 1 amide bonds. The molecule has 0 spiro atoms. The Balaban J connectivity index is 1.82. The zero-order chi connectivity index (χ0) is 22.8. The van der Waals surface area contributed by atoms with Gasteiger partial charge in [0, 0.05) is 11.6 Å². The third-order valence-electron chi connectivity index (χ3n) is 4.91. The molecule has 0 aromatic heterocycles. The summed E-state index contributed by atoms with van der Waals surface area (Å²) in [4.78, 5) is 12.9. The summed E-state index contributed by atoms with van der Waals surface area (Å²) >= 11 is 0. The number of anilines is 1. The van der Waals surface area contributed by atoms with Crippen molar-refractivity contribution in [2.75, 3.05) is 23.4 Å². The van der Waals surface area contributed by atoms with Crippen LogP contribution >= 0.6 is 0 Å². The molecule has 164 valence electrons. The van der Waals surface area contributed by atoms with Gasteiger partial charge in [0.05, 0.1) is 22.9 Å². The molecule has 0 radical (unpaired) electrons. The van der Waals surface area contributed by atoms with Crippen LogP contribution in [0.4, 0.5) is 5.69 Å².